The summed E-state index contributed by atoms with van der Waals surface area (Å²) < 4.78 is 63.9. The molecular weight excluding hydrogens is 309 g/mol. The molecule has 0 heterocycles. The summed E-state index contributed by atoms with van der Waals surface area (Å²) in [6, 6.07) is 3.56. The minimum atomic E-state index is -4.02. The summed E-state index contributed by atoms with van der Waals surface area (Å²) in [7, 11) is -6.32. The second-order valence-electron chi connectivity index (χ2n) is 3.84. The fourth-order valence-corrected chi connectivity index (χ4v) is 3.47. The summed E-state index contributed by atoms with van der Waals surface area (Å²) in [6.07, 6.45) is 0. The van der Waals surface area contributed by atoms with Gasteiger partial charge in [-0.05, 0) is 19.2 Å². The first-order valence-electron chi connectivity index (χ1n) is 5.62. The Bertz CT molecular complexity index is 674. The molecule has 10 heteroatoms. The predicted octanol–water partition coefficient (Wildman–Crippen LogP) is -0.888. The van der Waals surface area contributed by atoms with E-state index in [1.165, 1.54) is 19.2 Å². The molecule has 1 aromatic carbocycles. The highest BCUT2D eigenvalue weighted by Gasteiger charge is 2.20. The monoisotopic (exact) mass is 325 g/mol. The van der Waals surface area contributed by atoms with Crippen molar-refractivity contribution in [1.82, 2.24) is 9.44 Å². The maximum absolute atomic E-state index is 13.5. The largest absolute Gasteiger partial charge is 0.326 e. The van der Waals surface area contributed by atoms with Gasteiger partial charge in [0.15, 0.2) is 0 Å². The Kier molecular flexibility index (Phi) is 5.59. The SMILES string of the molecule is CNS(=O)(=O)CCNS(=O)(=O)c1cccc(F)c1CN. The van der Waals surface area contributed by atoms with Crippen molar-refractivity contribution in [1.29, 1.82) is 0 Å². The van der Waals surface area contributed by atoms with Gasteiger partial charge in [-0.25, -0.2) is 30.7 Å². The van der Waals surface area contributed by atoms with Gasteiger partial charge >= 0.3 is 0 Å². The van der Waals surface area contributed by atoms with Crippen LogP contribution in [0.3, 0.4) is 0 Å². The number of benzene rings is 1. The van der Waals surface area contributed by atoms with E-state index < -0.39 is 31.6 Å². The van der Waals surface area contributed by atoms with Crippen LogP contribution in [0.5, 0.6) is 0 Å². The summed E-state index contributed by atoms with van der Waals surface area (Å²) in [5.74, 6) is -1.14. The molecule has 20 heavy (non-hydrogen) atoms. The zero-order valence-corrected chi connectivity index (χ0v) is 12.4. The van der Waals surface area contributed by atoms with Crippen molar-refractivity contribution >= 4 is 20.0 Å². The Hall–Kier alpha value is -1.07. The van der Waals surface area contributed by atoms with Crippen LogP contribution >= 0.6 is 0 Å². The minimum Gasteiger partial charge on any atom is -0.326 e. The number of sulfonamides is 2. The Morgan fingerprint density at radius 3 is 2.45 bits per heavy atom. The molecule has 0 saturated carbocycles. The molecule has 0 atom stereocenters. The normalized spacial score (nSPS) is 12.6. The van der Waals surface area contributed by atoms with E-state index in [4.69, 9.17) is 5.73 Å². The fraction of sp³-hybridized carbons (Fsp3) is 0.400. The van der Waals surface area contributed by atoms with Crippen molar-refractivity contribution in [2.75, 3.05) is 19.3 Å². The minimum absolute atomic E-state index is 0.142. The van der Waals surface area contributed by atoms with E-state index in [-0.39, 0.29) is 23.5 Å². The first-order valence-corrected chi connectivity index (χ1v) is 8.75. The zero-order valence-electron chi connectivity index (χ0n) is 10.8. The van der Waals surface area contributed by atoms with Crippen LogP contribution < -0.4 is 15.2 Å². The summed E-state index contributed by atoms with van der Waals surface area (Å²) in [4.78, 5) is -0.290. The lowest BCUT2D eigenvalue weighted by Crippen LogP contribution is -2.33. The van der Waals surface area contributed by atoms with E-state index in [9.17, 15) is 21.2 Å². The van der Waals surface area contributed by atoms with E-state index in [0.29, 0.717) is 0 Å². The second kappa shape index (κ2) is 6.59. The number of hydrogen-bond donors (Lipinski definition) is 3. The first kappa shape index (κ1) is 17.0. The molecule has 114 valence electrons. The predicted molar refractivity (Wildman–Crippen MR) is 72.3 cm³/mol. The van der Waals surface area contributed by atoms with Gasteiger partial charge in [0.1, 0.15) is 5.82 Å². The van der Waals surface area contributed by atoms with Gasteiger partial charge in [-0.15, -0.1) is 0 Å². The molecular formula is C10H16FN3O4S2. The summed E-state index contributed by atoms with van der Waals surface area (Å²) in [5.41, 5.74) is 5.19. The Morgan fingerprint density at radius 1 is 1.25 bits per heavy atom. The molecule has 0 aliphatic carbocycles. The average Bonchev–Trinajstić information content (AvgIpc) is 2.38. The molecule has 0 aliphatic rings. The van der Waals surface area contributed by atoms with Crippen LogP contribution in [0.25, 0.3) is 0 Å². The molecule has 1 aromatic rings. The van der Waals surface area contributed by atoms with Crippen LogP contribution in [0.4, 0.5) is 4.39 Å². The number of halogens is 1. The number of nitrogens with two attached hydrogens (primary N) is 1. The van der Waals surface area contributed by atoms with E-state index in [1.54, 1.807) is 0 Å². The molecule has 1 rings (SSSR count). The van der Waals surface area contributed by atoms with Gasteiger partial charge < -0.3 is 5.73 Å². The molecule has 7 nitrogen and oxygen atoms in total. The molecule has 0 bridgehead atoms. The molecule has 0 radical (unpaired) electrons. The molecule has 0 saturated heterocycles. The first-order chi connectivity index (χ1) is 9.23. The lowest BCUT2D eigenvalue weighted by atomic mass is 10.2. The molecule has 4 N–H and O–H groups in total. The van der Waals surface area contributed by atoms with Crippen LogP contribution in [-0.2, 0) is 26.6 Å². The fourth-order valence-electron chi connectivity index (χ4n) is 1.48. The van der Waals surface area contributed by atoms with Crippen molar-refractivity contribution in [3.63, 3.8) is 0 Å². The van der Waals surface area contributed by atoms with Gasteiger partial charge in [-0.3, -0.25) is 0 Å². The molecule has 0 aliphatic heterocycles. The summed E-state index contributed by atoms with van der Waals surface area (Å²) in [6.45, 7) is -0.607. The number of rotatable bonds is 7. The number of nitrogens with one attached hydrogen (secondary N) is 2. The van der Waals surface area contributed by atoms with Crippen LogP contribution in [0.15, 0.2) is 23.1 Å². The summed E-state index contributed by atoms with van der Waals surface area (Å²) in [5, 5.41) is 0. The van der Waals surface area contributed by atoms with Crippen molar-refractivity contribution in [2.45, 2.75) is 11.4 Å². The van der Waals surface area contributed by atoms with Gasteiger partial charge in [0, 0.05) is 18.7 Å². The topological polar surface area (TPSA) is 118 Å². The molecule has 0 aromatic heterocycles. The Morgan fingerprint density at radius 2 is 1.90 bits per heavy atom. The molecule has 0 spiro atoms. The van der Waals surface area contributed by atoms with Gasteiger partial charge in [0.25, 0.3) is 0 Å². The average molecular weight is 325 g/mol. The summed E-state index contributed by atoms with van der Waals surface area (Å²) >= 11 is 0. The highest BCUT2D eigenvalue weighted by atomic mass is 32.2. The van der Waals surface area contributed by atoms with Crippen molar-refractivity contribution in [3.05, 3.63) is 29.6 Å². The van der Waals surface area contributed by atoms with E-state index >= 15 is 0 Å². The third-order valence-corrected chi connectivity index (χ3v) is 5.45. The van der Waals surface area contributed by atoms with E-state index in [0.717, 1.165) is 6.07 Å². The zero-order chi connectivity index (χ0) is 15.4. The smallest absolute Gasteiger partial charge is 0.241 e. The lowest BCUT2D eigenvalue weighted by molar-refractivity contribution is 0.570. The van der Waals surface area contributed by atoms with Crippen molar-refractivity contribution in [3.8, 4) is 0 Å². The van der Waals surface area contributed by atoms with Crippen LogP contribution in [-0.4, -0.2) is 36.2 Å². The van der Waals surface area contributed by atoms with Crippen molar-refractivity contribution in [2.24, 2.45) is 5.73 Å². The van der Waals surface area contributed by atoms with Crippen LogP contribution in [0.2, 0.25) is 0 Å². The van der Waals surface area contributed by atoms with E-state index in [1.807, 2.05) is 0 Å². The molecule has 0 unspecified atom stereocenters. The number of hydrogen-bond acceptors (Lipinski definition) is 5. The third-order valence-electron chi connectivity index (χ3n) is 2.54. The van der Waals surface area contributed by atoms with Gasteiger partial charge in [0.05, 0.1) is 10.6 Å². The third kappa shape index (κ3) is 4.21. The molecule has 0 fully saturated rings. The highest BCUT2D eigenvalue weighted by molar-refractivity contribution is 7.90. The van der Waals surface area contributed by atoms with Crippen LogP contribution in [0, 0.1) is 5.82 Å². The van der Waals surface area contributed by atoms with E-state index in [2.05, 4.69) is 9.44 Å². The quantitative estimate of drug-likeness (QED) is 0.601. The van der Waals surface area contributed by atoms with Gasteiger partial charge in [0.2, 0.25) is 20.0 Å². The van der Waals surface area contributed by atoms with Gasteiger partial charge in [-0.2, -0.15) is 0 Å². The highest BCUT2D eigenvalue weighted by Crippen LogP contribution is 2.18. The van der Waals surface area contributed by atoms with Gasteiger partial charge in [-0.1, -0.05) is 6.07 Å². The Balaban J connectivity index is 2.93. The Labute approximate surface area is 117 Å². The molecule has 0 amide bonds. The maximum atomic E-state index is 13.5. The van der Waals surface area contributed by atoms with Crippen molar-refractivity contribution < 1.29 is 21.2 Å². The lowest BCUT2D eigenvalue weighted by Gasteiger charge is -2.11. The van der Waals surface area contributed by atoms with Crippen LogP contribution in [0.1, 0.15) is 5.56 Å². The maximum Gasteiger partial charge on any atom is 0.241 e. The standard InChI is InChI=1S/C10H16FN3O4S2/c1-13-19(15,16)6-5-14-20(17,18)10-4-2-3-9(11)8(10)7-12/h2-4,13-14H,5-7,12H2,1H3. The second-order valence-corrected chi connectivity index (χ2v) is 7.62.